The van der Waals surface area contributed by atoms with E-state index in [1.165, 1.54) is 6.42 Å². The van der Waals surface area contributed by atoms with Crippen LogP contribution in [0.4, 0.5) is 0 Å². The predicted molar refractivity (Wildman–Crippen MR) is 42.2 cm³/mol. The summed E-state index contributed by atoms with van der Waals surface area (Å²) in [7, 11) is 0. The van der Waals surface area contributed by atoms with Gasteiger partial charge in [-0.1, -0.05) is 27.7 Å². The van der Waals surface area contributed by atoms with Crippen molar-refractivity contribution in [3.63, 3.8) is 0 Å². The zero-order chi connectivity index (χ0) is 7.49. The molecule has 0 aromatic heterocycles. The summed E-state index contributed by atoms with van der Waals surface area (Å²) in [6.45, 7) is 14.4. The molecule has 1 unspecified atom stereocenters. The number of hydrogen-bond donors (Lipinski definition) is 0. The van der Waals surface area contributed by atoms with E-state index in [2.05, 4.69) is 27.7 Å². The first kappa shape index (κ1) is 9.00. The quantitative estimate of drug-likeness (QED) is 0.533. The maximum atomic E-state index is 5.48. The maximum Gasteiger partial charge on any atom is -0.0349 e. The van der Waals surface area contributed by atoms with Gasteiger partial charge in [0.05, 0.1) is 0 Å². The molecule has 9 heavy (non-hydrogen) atoms. The topological polar surface area (TPSA) is 0 Å². The summed E-state index contributed by atoms with van der Waals surface area (Å²) >= 11 is 0. The molecular formula is C9H18. The van der Waals surface area contributed by atoms with Crippen molar-refractivity contribution in [1.82, 2.24) is 0 Å². The van der Waals surface area contributed by atoms with E-state index >= 15 is 0 Å². The fraction of sp³-hybridized carbons (Fsp3) is 0.889. The Kier molecular flexibility index (Phi) is 3.24. The van der Waals surface area contributed by atoms with Crippen molar-refractivity contribution in [2.45, 2.75) is 40.5 Å². The minimum Gasteiger partial charge on any atom is -0.0625 e. The molecule has 0 rings (SSSR count). The standard InChI is InChI=1S/C9H18/c1-6-8(2)7-9(3,4)5/h1,8H,6-7H2,2-5H3. The first-order valence-electron chi connectivity index (χ1n) is 3.66. The summed E-state index contributed by atoms with van der Waals surface area (Å²) < 4.78 is 0. The van der Waals surface area contributed by atoms with E-state index in [1.807, 2.05) is 0 Å². The molecule has 0 aromatic rings. The average Bonchev–Trinajstić information content (AvgIpc) is 1.62. The second-order valence-corrected chi connectivity index (χ2v) is 4.11. The van der Waals surface area contributed by atoms with Crippen molar-refractivity contribution < 1.29 is 0 Å². The minimum atomic E-state index is 0.443. The Morgan fingerprint density at radius 3 is 1.89 bits per heavy atom. The van der Waals surface area contributed by atoms with Crippen LogP contribution in [0.1, 0.15) is 40.5 Å². The summed E-state index contributed by atoms with van der Waals surface area (Å²) in [6, 6.07) is 0. The molecule has 54 valence electrons. The van der Waals surface area contributed by atoms with Gasteiger partial charge in [0.1, 0.15) is 0 Å². The highest BCUT2D eigenvalue weighted by Crippen LogP contribution is 2.25. The van der Waals surface area contributed by atoms with Gasteiger partial charge in [-0.15, -0.1) is 0 Å². The smallest absolute Gasteiger partial charge is 0.0349 e. The number of rotatable bonds is 2. The average molecular weight is 126 g/mol. The molecule has 0 aliphatic carbocycles. The molecule has 0 saturated carbocycles. The Balaban J connectivity index is 3.47. The molecule has 2 radical (unpaired) electrons. The third kappa shape index (κ3) is 5.88. The first-order valence-corrected chi connectivity index (χ1v) is 3.66. The van der Waals surface area contributed by atoms with Crippen LogP contribution in [0.15, 0.2) is 0 Å². The van der Waals surface area contributed by atoms with Gasteiger partial charge in [0.25, 0.3) is 0 Å². The van der Waals surface area contributed by atoms with E-state index in [4.69, 9.17) is 6.92 Å². The molecule has 0 heterocycles. The molecule has 0 saturated heterocycles. The van der Waals surface area contributed by atoms with Gasteiger partial charge >= 0.3 is 0 Å². The van der Waals surface area contributed by atoms with Crippen LogP contribution in [0.3, 0.4) is 0 Å². The van der Waals surface area contributed by atoms with E-state index in [1.54, 1.807) is 0 Å². The van der Waals surface area contributed by atoms with Crippen molar-refractivity contribution in [3.8, 4) is 0 Å². The molecule has 0 amide bonds. The SMILES string of the molecule is [CH]CC(C)CC(C)(C)C. The van der Waals surface area contributed by atoms with Crippen molar-refractivity contribution in [1.29, 1.82) is 0 Å². The van der Waals surface area contributed by atoms with Crippen LogP contribution in [0.5, 0.6) is 0 Å². The van der Waals surface area contributed by atoms with Crippen LogP contribution in [0.25, 0.3) is 0 Å². The molecule has 0 fully saturated rings. The third-order valence-electron chi connectivity index (χ3n) is 1.36. The molecule has 1 atom stereocenters. The molecule has 0 bridgehead atoms. The summed E-state index contributed by atoms with van der Waals surface area (Å²) in [5, 5.41) is 0. The van der Waals surface area contributed by atoms with Gasteiger partial charge in [-0.2, -0.15) is 0 Å². The van der Waals surface area contributed by atoms with Crippen LogP contribution < -0.4 is 0 Å². The van der Waals surface area contributed by atoms with Crippen LogP contribution in [0.2, 0.25) is 0 Å². The Hall–Kier alpha value is 0. The lowest BCUT2D eigenvalue weighted by Crippen LogP contribution is -2.09. The Morgan fingerprint density at radius 2 is 1.78 bits per heavy atom. The van der Waals surface area contributed by atoms with E-state index < -0.39 is 0 Å². The van der Waals surface area contributed by atoms with Crippen molar-refractivity contribution >= 4 is 0 Å². The Morgan fingerprint density at radius 1 is 1.33 bits per heavy atom. The Bertz CT molecular complexity index is 66.6. The third-order valence-corrected chi connectivity index (χ3v) is 1.36. The van der Waals surface area contributed by atoms with Gasteiger partial charge < -0.3 is 0 Å². The zero-order valence-electron chi connectivity index (χ0n) is 7.07. The van der Waals surface area contributed by atoms with E-state index in [0.29, 0.717) is 11.3 Å². The molecule has 0 nitrogen and oxygen atoms in total. The lowest BCUT2D eigenvalue weighted by Gasteiger charge is -2.21. The van der Waals surface area contributed by atoms with Crippen LogP contribution >= 0.6 is 0 Å². The van der Waals surface area contributed by atoms with E-state index in [-0.39, 0.29) is 0 Å². The highest BCUT2D eigenvalue weighted by molar-refractivity contribution is 4.66. The lowest BCUT2D eigenvalue weighted by atomic mass is 9.84. The van der Waals surface area contributed by atoms with Crippen LogP contribution in [-0.4, -0.2) is 0 Å². The first-order chi connectivity index (χ1) is 3.95. The molecule has 0 aliphatic rings. The van der Waals surface area contributed by atoms with E-state index in [9.17, 15) is 0 Å². The summed E-state index contributed by atoms with van der Waals surface area (Å²) in [4.78, 5) is 0. The highest BCUT2D eigenvalue weighted by atomic mass is 14.2. The predicted octanol–water partition coefficient (Wildman–Crippen LogP) is 3.16. The molecule has 0 aliphatic heterocycles. The Labute approximate surface area is 59.7 Å². The van der Waals surface area contributed by atoms with Crippen molar-refractivity contribution in [2.75, 3.05) is 0 Å². The molecule has 0 N–H and O–H groups in total. The van der Waals surface area contributed by atoms with Gasteiger partial charge in [0.15, 0.2) is 0 Å². The van der Waals surface area contributed by atoms with Crippen LogP contribution in [0, 0.1) is 18.3 Å². The largest absolute Gasteiger partial charge is 0.0625 e. The van der Waals surface area contributed by atoms with Crippen molar-refractivity contribution in [2.24, 2.45) is 11.3 Å². The van der Waals surface area contributed by atoms with Gasteiger partial charge in [-0.25, -0.2) is 0 Å². The molecular weight excluding hydrogens is 108 g/mol. The summed E-state index contributed by atoms with van der Waals surface area (Å²) in [6.07, 6.45) is 2.04. The monoisotopic (exact) mass is 126 g/mol. The van der Waals surface area contributed by atoms with Crippen molar-refractivity contribution in [3.05, 3.63) is 6.92 Å². The summed E-state index contributed by atoms with van der Waals surface area (Å²) in [5.74, 6) is 0.671. The second kappa shape index (κ2) is 3.24. The fourth-order valence-electron chi connectivity index (χ4n) is 1.13. The lowest BCUT2D eigenvalue weighted by molar-refractivity contribution is 0.308. The molecule has 0 spiro atoms. The second-order valence-electron chi connectivity index (χ2n) is 4.11. The maximum absolute atomic E-state index is 5.48. The van der Waals surface area contributed by atoms with Crippen LogP contribution in [-0.2, 0) is 0 Å². The van der Waals surface area contributed by atoms with Gasteiger partial charge in [0, 0.05) is 0 Å². The van der Waals surface area contributed by atoms with E-state index in [0.717, 1.165) is 6.42 Å². The normalized spacial score (nSPS) is 15.7. The molecule has 0 heteroatoms. The van der Waals surface area contributed by atoms with Gasteiger partial charge in [-0.3, -0.25) is 0 Å². The number of hydrogen-bond acceptors (Lipinski definition) is 0. The zero-order valence-corrected chi connectivity index (χ0v) is 7.07. The van der Waals surface area contributed by atoms with Gasteiger partial charge in [-0.05, 0) is 31.1 Å². The van der Waals surface area contributed by atoms with Gasteiger partial charge in [0.2, 0.25) is 0 Å². The molecule has 0 aromatic carbocycles. The fourth-order valence-corrected chi connectivity index (χ4v) is 1.13. The highest BCUT2D eigenvalue weighted by Gasteiger charge is 2.13. The summed E-state index contributed by atoms with van der Waals surface area (Å²) in [5.41, 5.74) is 0.443. The minimum absolute atomic E-state index is 0.443.